The second kappa shape index (κ2) is 7.24. The average Bonchev–Trinajstić information content (AvgIpc) is 2.88. The van der Waals surface area contributed by atoms with Gasteiger partial charge in [0.05, 0.1) is 4.92 Å². The maximum absolute atomic E-state index is 12.8. The number of nitro benzene ring substituents is 1. The molecule has 1 aliphatic heterocycles. The third kappa shape index (κ3) is 3.62. The zero-order chi connectivity index (χ0) is 20.5. The SMILES string of the molecule is Cc1ccc(NC(=S)NN2C(=O)N[C@@](C)(c3ccc([N+](=O)[O-])cc3)C2=O)cc1. The third-order valence-electron chi connectivity index (χ3n) is 4.37. The van der Waals surface area contributed by atoms with E-state index < -0.39 is 22.4 Å². The van der Waals surface area contributed by atoms with Gasteiger partial charge < -0.3 is 10.6 Å². The summed E-state index contributed by atoms with van der Waals surface area (Å²) in [7, 11) is 0. The fourth-order valence-corrected chi connectivity index (χ4v) is 2.96. The van der Waals surface area contributed by atoms with E-state index in [1.165, 1.54) is 31.2 Å². The molecule has 0 aliphatic carbocycles. The minimum absolute atomic E-state index is 0.0697. The van der Waals surface area contributed by atoms with Gasteiger partial charge in [-0.15, -0.1) is 0 Å². The van der Waals surface area contributed by atoms with E-state index in [2.05, 4.69) is 16.1 Å². The summed E-state index contributed by atoms with van der Waals surface area (Å²) in [6, 6.07) is 12.2. The molecular formula is C18H17N5O4S. The fraction of sp³-hybridized carbons (Fsp3) is 0.167. The fourth-order valence-electron chi connectivity index (χ4n) is 2.75. The first-order valence-electron chi connectivity index (χ1n) is 8.26. The minimum atomic E-state index is -1.38. The highest BCUT2D eigenvalue weighted by Gasteiger charge is 2.49. The van der Waals surface area contributed by atoms with Crippen molar-refractivity contribution in [2.75, 3.05) is 5.32 Å². The van der Waals surface area contributed by atoms with Gasteiger partial charge in [-0.25, -0.2) is 4.79 Å². The van der Waals surface area contributed by atoms with Crippen molar-refractivity contribution in [2.45, 2.75) is 19.4 Å². The number of imide groups is 1. The highest BCUT2D eigenvalue weighted by Crippen LogP contribution is 2.29. The topological polar surface area (TPSA) is 117 Å². The zero-order valence-electron chi connectivity index (χ0n) is 15.1. The number of hydrogen-bond donors (Lipinski definition) is 3. The summed E-state index contributed by atoms with van der Waals surface area (Å²) >= 11 is 5.18. The van der Waals surface area contributed by atoms with Gasteiger partial charge in [-0.1, -0.05) is 17.7 Å². The van der Waals surface area contributed by atoms with Crippen LogP contribution in [0.25, 0.3) is 0 Å². The number of carbonyl (C=O) groups is 2. The van der Waals surface area contributed by atoms with E-state index >= 15 is 0 Å². The van der Waals surface area contributed by atoms with Crippen molar-refractivity contribution in [1.82, 2.24) is 15.8 Å². The summed E-state index contributed by atoms with van der Waals surface area (Å²) in [5.74, 6) is -0.584. The van der Waals surface area contributed by atoms with Gasteiger partial charge in [0.25, 0.3) is 11.6 Å². The van der Waals surface area contributed by atoms with E-state index in [-0.39, 0.29) is 10.8 Å². The first-order valence-corrected chi connectivity index (χ1v) is 8.67. The Balaban J connectivity index is 1.74. The lowest BCUT2D eigenvalue weighted by Crippen LogP contribution is -2.49. The number of carbonyl (C=O) groups excluding carboxylic acids is 2. The van der Waals surface area contributed by atoms with E-state index in [9.17, 15) is 19.7 Å². The van der Waals surface area contributed by atoms with Crippen LogP contribution in [0.1, 0.15) is 18.1 Å². The Hall–Kier alpha value is -3.53. The zero-order valence-corrected chi connectivity index (χ0v) is 15.9. The van der Waals surface area contributed by atoms with Crippen molar-refractivity contribution in [2.24, 2.45) is 0 Å². The number of hydrogen-bond acceptors (Lipinski definition) is 5. The second-order valence-electron chi connectivity index (χ2n) is 6.43. The maximum Gasteiger partial charge on any atom is 0.344 e. The molecule has 1 atom stereocenters. The van der Waals surface area contributed by atoms with Crippen molar-refractivity contribution in [1.29, 1.82) is 0 Å². The molecule has 3 N–H and O–H groups in total. The van der Waals surface area contributed by atoms with Crippen LogP contribution in [0.2, 0.25) is 0 Å². The number of hydrazine groups is 1. The number of aryl methyl sites for hydroxylation is 1. The number of non-ortho nitro benzene ring substituents is 1. The van der Waals surface area contributed by atoms with Gasteiger partial charge in [0.1, 0.15) is 5.54 Å². The van der Waals surface area contributed by atoms with E-state index in [0.717, 1.165) is 10.6 Å². The van der Waals surface area contributed by atoms with Crippen LogP contribution >= 0.6 is 12.2 Å². The largest absolute Gasteiger partial charge is 0.344 e. The summed E-state index contributed by atoms with van der Waals surface area (Å²) in [4.78, 5) is 35.4. The lowest BCUT2D eigenvalue weighted by Gasteiger charge is -2.22. The molecule has 1 saturated heterocycles. The van der Waals surface area contributed by atoms with Crippen LogP contribution in [0.15, 0.2) is 48.5 Å². The Morgan fingerprint density at radius 2 is 1.75 bits per heavy atom. The Bertz CT molecular complexity index is 961. The van der Waals surface area contributed by atoms with Crippen molar-refractivity contribution in [3.8, 4) is 0 Å². The molecule has 1 aliphatic rings. The van der Waals surface area contributed by atoms with E-state index in [1.54, 1.807) is 0 Å². The molecule has 0 spiro atoms. The molecule has 0 aromatic heterocycles. The number of nitro groups is 1. The van der Waals surface area contributed by atoms with Gasteiger partial charge >= 0.3 is 6.03 Å². The monoisotopic (exact) mass is 399 g/mol. The molecule has 1 fully saturated rings. The summed E-state index contributed by atoms with van der Waals surface area (Å²) < 4.78 is 0. The second-order valence-corrected chi connectivity index (χ2v) is 6.84. The van der Waals surface area contributed by atoms with Gasteiger partial charge in [-0.3, -0.25) is 20.3 Å². The molecule has 3 amide bonds. The maximum atomic E-state index is 12.8. The molecule has 28 heavy (non-hydrogen) atoms. The predicted molar refractivity (Wildman–Crippen MR) is 106 cm³/mol. The van der Waals surface area contributed by atoms with Crippen molar-refractivity contribution in [3.63, 3.8) is 0 Å². The Morgan fingerprint density at radius 3 is 2.32 bits per heavy atom. The smallest absolute Gasteiger partial charge is 0.331 e. The molecule has 9 nitrogen and oxygen atoms in total. The standard InChI is InChI=1S/C18H17N5O4S/c1-11-3-7-13(8-4-11)19-16(28)21-22-15(24)18(2,20-17(22)25)12-5-9-14(10-6-12)23(26)27/h3-10H,1-2H3,(H,20,25)(H2,19,21,28)/t18-/m0/s1. The van der Waals surface area contributed by atoms with Crippen LogP contribution in [-0.2, 0) is 10.3 Å². The Morgan fingerprint density at radius 1 is 1.14 bits per heavy atom. The van der Waals surface area contributed by atoms with Crippen LogP contribution in [-0.4, -0.2) is 27.0 Å². The molecule has 144 valence electrons. The molecule has 1 heterocycles. The molecule has 2 aromatic rings. The van der Waals surface area contributed by atoms with Gasteiger partial charge in [0.15, 0.2) is 5.11 Å². The van der Waals surface area contributed by atoms with Gasteiger partial charge in [-0.2, -0.15) is 5.01 Å². The Labute approximate surface area is 165 Å². The average molecular weight is 399 g/mol. The first-order chi connectivity index (χ1) is 13.2. The molecule has 0 unspecified atom stereocenters. The van der Waals surface area contributed by atoms with E-state index in [1.807, 2.05) is 31.2 Å². The molecule has 0 bridgehead atoms. The van der Waals surface area contributed by atoms with Crippen molar-refractivity contribution >= 4 is 40.6 Å². The molecule has 3 rings (SSSR count). The molecule has 0 radical (unpaired) electrons. The van der Waals surface area contributed by atoms with E-state index in [0.29, 0.717) is 11.3 Å². The summed E-state index contributed by atoms with van der Waals surface area (Å²) in [6.45, 7) is 3.47. The lowest BCUT2D eigenvalue weighted by atomic mass is 9.92. The lowest BCUT2D eigenvalue weighted by molar-refractivity contribution is -0.384. The number of nitrogens with one attached hydrogen (secondary N) is 3. The first kappa shape index (κ1) is 19.2. The van der Waals surface area contributed by atoms with Gasteiger partial charge in [-0.05, 0) is 55.9 Å². The molecular weight excluding hydrogens is 382 g/mol. The van der Waals surface area contributed by atoms with Crippen molar-refractivity contribution < 1.29 is 14.5 Å². The number of anilines is 1. The third-order valence-corrected chi connectivity index (χ3v) is 4.56. The van der Waals surface area contributed by atoms with Crippen molar-refractivity contribution in [3.05, 3.63) is 69.8 Å². The highest BCUT2D eigenvalue weighted by atomic mass is 32.1. The number of nitrogens with zero attached hydrogens (tertiary/aromatic N) is 2. The normalized spacial score (nSPS) is 18.6. The van der Waals surface area contributed by atoms with Crippen LogP contribution < -0.4 is 16.1 Å². The molecule has 0 saturated carbocycles. The quantitative estimate of drug-likeness (QED) is 0.313. The number of rotatable bonds is 4. The predicted octanol–water partition coefficient (Wildman–Crippen LogP) is 2.57. The van der Waals surface area contributed by atoms with Crippen LogP contribution in [0.4, 0.5) is 16.2 Å². The minimum Gasteiger partial charge on any atom is -0.331 e. The molecule has 10 heteroatoms. The van der Waals surface area contributed by atoms with Crippen LogP contribution in [0.3, 0.4) is 0 Å². The van der Waals surface area contributed by atoms with Crippen LogP contribution in [0.5, 0.6) is 0 Å². The Kier molecular flexibility index (Phi) is 4.97. The number of amides is 3. The molecule has 2 aromatic carbocycles. The summed E-state index contributed by atoms with van der Waals surface area (Å²) in [5, 5.41) is 17.1. The number of benzene rings is 2. The summed E-state index contributed by atoms with van der Waals surface area (Å²) in [6.07, 6.45) is 0. The van der Waals surface area contributed by atoms with E-state index in [4.69, 9.17) is 12.2 Å². The van der Waals surface area contributed by atoms with Crippen LogP contribution in [0, 0.1) is 17.0 Å². The number of thiocarbonyl (C=S) groups is 1. The van der Waals surface area contributed by atoms with Gasteiger partial charge in [0.2, 0.25) is 0 Å². The van der Waals surface area contributed by atoms with Gasteiger partial charge in [0, 0.05) is 17.8 Å². The highest BCUT2D eigenvalue weighted by molar-refractivity contribution is 7.80. The number of urea groups is 1. The summed E-state index contributed by atoms with van der Waals surface area (Å²) in [5.41, 5.74) is 3.29.